The molecule has 1 saturated heterocycles. The molecule has 1 amide bonds. The van der Waals surface area contributed by atoms with Crippen LogP contribution in [0.5, 0.6) is 0 Å². The van der Waals surface area contributed by atoms with Gasteiger partial charge in [-0.05, 0) is 30.4 Å². The lowest BCUT2D eigenvalue weighted by atomic mass is 10.0. The fourth-order valence-electron chi connectivity index (χ4n) is 2.78. The van der Waals surface area contributed by atoms with Gasteiger partial charge in [-0.25, -0.2) is 4.79 Å². The van der Waals surface area contributed by atoms with Crippen molar-refractivity contribution in [3.63, 3.8) is 0 Å². The van der Waals surface area contributed by atoms with E-state index in [1.807, 2.05) is 13.8 Å². The Morgan fingerprint density at radius 1 is 1.52 bits per heavy atom. The van der Waals surface area contributed by atoms with Gasteiger partial charge in [-0.15, -0.1) is 0 Å². The number of nitro groups is 1. The lowest BCUT2D eigenvalue weighted by Crippen LogP contribution is -2.44. The molecular weight excluding hydrogens is 366 g/mol. The van der Waals surface area contributed by atoms with Crippen LogP contribution in [-0.4, -0.2) is 40.2 Å². The molecular formula is C15H20BrN3O4. The maximum absolute atomic E-state index is 11.3. The van der Waals surface area contributed by atoms with Crippen molar-refractivity contribution in [1.82, 2.24) is 4.90 Å². The summed E-state index contributed by atoms with van der Waals surface area (Å²) >= 11 is 3.39. The smallest absolute Gasteiger partial charge is 0.407 e. The average Bonchev–Trinajstić information content (AvgIpc) is 2.48. The van der Waals surface area contributed by atoms with Crippen molar-refractivity contribution in [2.45, 2.75) is 38.6 Å². The largest absolute Gasteiger partial charge is 0.465 e. The van der Waals surface area contributed by atoms with Gasteiger partial charge in [0.25, 0.3) is 5.69 Å². The number of amides is 1. The molecule has 0 aromatic heterocycles. The van der Waals surface area contributed by atoms with Crippen molar-refractivity contribution >= 4 is 33.4 Å². The minimum atomic E-state index is -0.954. The molecule has 7 nitrogen and oxygen atoms in total. The molecule has 2 rings (SSSR count). The second-order valence-electron chi connectivity index (χ2n) is 6.01. The second-order valence-corrected chi connectivity index (χ2v) is 6.87. The van der Waals surface area contributed by atoms with Gasteiger partial charge in [0.1, 0.15) is 5.69 Å². The summed E-state index contributed by atoms with van der Waals surface area (Å²) in [5, 5.41) is 23.6. The van der Waals surface area contributed by atoms with Crippen LogP contribution in [0.25, 0.3) is 0 Å². The van der Waals surface area contributed by atoms with E-state index in [1.165, 1.54) is 11.0 Å². The van der Waals surface area contributed by atoms with Crippen molar-refractivity contribution in [1.29, 1.82) is 0 Å². The highest BCUT2D eigenvalue weighted by Crippen LogP contribution is 2.35. The van der Waals surface area contributed by atoms with Gasteiger partial charge < -0.3 is 15.3 Å². The summed E-state index contributed by atoms with van der Waals surface area (Å²) in [6.45, 7) is 4.87. The number of carboxylic acid groups (broad SMARTS) is 1. The standard InChI is InChI=1S/C15H20BrN3O4/c1-9(2)11-6-13(14(19(22)23)7-12(11)16)17-10-4-3-5-18(8-10)15(20)21/h6-7,9-10,17H,3-5,8H2,1-2H3,(H,20,21)/t10-/m0/s1. The Balaban J connectivity index is 2.28. The van der Waals surface area contributed by atoms with Gasteiger partial charge >= 0.3 is 6.09 Å². The van der Waals surface area contributed by atoms with E-state index >= 15 is 0 Å². The third-order valence-electron chi connectivity index (χ3n) is 3.99. The van der Waals surface area contributed by atoms with Crippen LogP contribution in [0.2, 0.25) is 0 Å². The zero-order valence-corrected chi connectivity index (χ0v) is 14.7. The SMILES string of the molecule is CC(C)c1cc(N[C@H]2CCCN(C(=O)O)C2)c([N+](=O)[O-])cc1Br. The van der Waals surface area contributed by atoms with Crippen molar-refractivity contribution in [3.8, 4) is 0 Å². The summed E-state index contributed by atoms with van der Waals surface area (Å²) in [6, 6.07) is 3.17. The van der Waals surface area contributed by atoms with Crippen molar-refractivity contribution in [3.05, 3.63) is 32.3 Å². The van der Waals surface area contributed by atoms with Gasteiger partial charge in [0.2, 0.25) is 0 Å². The van der Waals surface area contributed by atoms with Gasteiger partial charge in [-0.3, -0.25) is 10.1 Å². The van der Waals surface area contributed by atoms with Crippen LogP contribution in [-0.2, 0) is 0 Å². The third-order valence-corrected chi connectivity index (χ3v) is 4.67. The number of likely N-dealkylation sites (tertiary alicyclic amines) is 1. The summed E-state index contributed by atoms with van der Waals surface area (Å²) in [4.78, 5) is 23.3. The van der Waals surface area contributed by atoms with E-state index < -0.39 is 11.0 Å². The number of nitro benzene ring substituents is 1. The number of piperidine rings is 1. The molecule has 1 aliphatic heterocycles. The monoisotopic (exact) mass is 385 g/mol. The molecule has 1 heterocycles. The normalized spacial score (nSPS) is 18.1. The highest BCUT2D eigenvalue weighted by atomic mass is 79.9. The van der Waals surface area contributed by atoms with E-state index in [-0.39, 0.29) is 17.6 Å². The molecule has 8 heteroatoms. The number of benzene rings is 1. The minimum Gasteiger partial charge on any atom is -0.465 e. The van der Waals surface area contributed by atoms with Crippen LogP contribution in [0.3, 0.4) is 0 Å². The molecule has 1 aromatic rings. The van der Waals surface area contributed by atoms with Crippen molar-refractivity contribution in [2.24, 2.45) is 0 Å². The summed E-state index contributed by atoms with van der Waals surface area (Å²) in [5.74, 6) is 0.215. The molecule has 0 aliphatic carbocycles. The molecule has 1 aromatic carbocycles. The average molecular weight is 386 g/mol. The first-order valence-corrected chi connectivity index (χ1v) is 8.31. The number of halogens is 1. The van der Waals surface area contributed by atoms with E-state index in [2.05, 4.69) is 21.2 Å². The minimum absolute atomic E-state index is 0.00581. The first-order chi connectivity index (χ1) is 10.8. The molecule has 0 spiro atoms. The Hall–Kier alpha value is -1.83. The number of rotatable bonds is 4. The molecule has 126 valence electrons. The topological polar surface area (TPSA) is 95.7 Å². The molecule has 1 atom stereocenters. The molecule has 0 saturated carbocycles. The van der Waals surface area contributed by atoms with Crippen LogP contribution in [0.4, 0.5) is 16.2 Å². The van der Waals surface area contributed by atoms with Gasteiger partial charge in [0, 0.05) is 29.7 Å². The third kappa shape index (κ3) is 4.13. The maximum atomic E-state index is 11.3. The first-order valence-electron chi connectivity index (χ1n) is 7.51. The van der Waals surface area contributed by atoms with E-state index in [0.717, 1.165) is 18.4 Å². The lowest BCUT2D eigenvalue weighted by Gasteiger charge is -2.31. The highest BCUT2D eigenvalue weighted by molar-refractivity contribution is 9.10. The zero-order valence-electron chi connectivity index (χ0n) is 13.1. The Kier molecular flexibility index (Phi) is 5.46. The van der Waals surface area contributed by atoms with Gasteiger partial charge in [-0.1, -0.05) is 29.8 Å². The number of anilines is 1. The van der Waals surface area contributed by atoms with E-state index in [4.69, 9.17) is 5.11 Å². The molecule has 0 unspecified atom stereocenters. The van der Waals surface area contributed by atoms with Gasteiger partial charge in [-0.2, -0.15) is 0 Å². The summed E-state index contributed by atoms with van der Waals surface area (Å²) in [7, 11) is 0. The van der Waals surface area contributed by atoms with E-state index in [9.17, 15) is 14.9 Å². The maximum Gasteiger partial charge on any atom is 0.407 e. The Morgan fingerprint density at radius 3 is 2.78 bits per heavy atom. The van der Waals surface area contributed by atoms with E-state index in [1.54, 1.807) is 6.07 Å². The van der Waals surface area contributed by atoms with Crippen LogP contribution in [0, 0.1) is 10.1 Å². The molecule has 0 bridgehead atoms. The molecule has 1 aliphatic rings. The predicted molar refractivity (Wildman–Crippen MR) is 91.1 cm³/mol. The fourth-order valence-corrected chi connectivity index (χ4v) is 3.57. The molecule has 2 N–H and O–H groups in total. The second kappa shape index (κ2) is 7.16. The predicted octanol–water partition coefficient (Wildman–Crippen LogP) is 4.04. The van der Waals surface area contributed by atoms with E-state index in [0.29, 0.717) is 23.2 Å². The summed E-state index contributed by atoms with van der Waals surface area (Å²) < 4.78 is 0.709. The number of nitrogens with one attached hydrogen (secondary N) is 1. The highest BCUT2D eigenvalue weighted by Gasteiger charge is 2.26. The first kappa shape index (κ1) is 17.5. The molecule has 23 heavy (non-hydrogen) atoms. The van der Waals surface area contributed by atoms with Crippen LogP contribution in [0.1, 0.15) is 38.2 Å². The Bertz CT molecular complexity index is 621. The van der Waals surface area contributed by atoms with Gasteiger partial charge in [0.15, 0.2) is 0 Å². The van der Waals surface area contributed by atoms with Crippen molar-refractivity contribution in [2.75, 3.05) is 18.4 Å². The Labute approximate surface area is 142 Å². The zero-order chi connectivity index (χ0) is 17.1. The van der Waals surface area contributed by atoms with Crippen LogP contribution >= 0.6 is 15.9 Å². The Morgan fingerprint density at radius 2 is 2.22 bits per heavy atom. The number of hydrogen-bond donors (Lipinski definition) is 2. The van der Waals surface area contributed by atoms with Crippen molar-refractivity contribution < 1.29 is 14.8 Å². The fraction of sp³-hybridized carbons (Fsp3) is 0.533. The quantitative estimate of drug-likeness (QED) is 0.602. The summed E-state index contributed by atoms with van der Waals surface area (Å²) in [5.41, 5.74) is 1.41. The van der Waals surface area contributed by atoms with Crippen LogP contribution < -0.4 is 5.32 Å². The number of nitrogens with zero attached hydrogens (tertiary/aromatic N) is 2. The molecule has 1 fully saturated rings. The molecule has 0 radical (unpaired) electrons. The lowest BCUT2D eigenvalue weighted by molar-refractivity contribution is -0.384. The number of hydrogen-bond acceptors (Lipinski definition) is 4. The van der Waals surface area contributed by atoms with Crippen LogP contribution in [0.15, 0.2) is 16.6 Å². The summed E-state index contributed by atoms with van der Waals surface area (Å²) in [6.07, 6.45) is 0.573. The number of carbonyl (C=O) groups is 1. The van der Waals surface area contributed by atoms with Gasteiger partial charge in [0.05, 0.1) is 4.92 Å².